The minimum absolute atomic E-state index is 0.1000. The van der Waals surface area contributed by atoms with E-state index in [1.54, 1.807) is 13.8 Å². The predicted octanol–water partition coefficient (Wildman–Crippen LogP) is -4.14. The fraction of sp³-hybridized carbons (Fsp3) is 0.619. The Balaban J connectivity index is 0.000000206. The molecule has 0 amide bonds. The zero-order chi connectivity index (χ0) is 27.6. The van der Waals surface area contributed by atoms with Crippen molar-refractivity contribution in [2.45, 2.75) is 62.9 Å². The van der Waals surface area contributed by atoms with Crippen LogP contribution in [-0.2, 0) is 14.2 Å². The molecule has 0 radical (unpaired) electrons. The second-order valence-corrected chi connectivity index (χ2v) is 8.65. The number of H-pyrrole nitrogens is 1. The second-order valence-electron chi connectivity index (χ2n) is 8.65. The van der Waals surface area contributed by atoms with E-state index in [2.05, 4.69) is 9.97 Å². The highest BCUT2D eigenvalue weighted by atomic mass is 16.6. The average Bonchev–Trinajstić information content (AvgIpc) is 3.34. The van der Waals surface area contributed by atoms with Gasteiger partial charge < -0.3 is 45.5 Å². The highest BCUT2D eigenvalue weighted by Gasteiger charge is 2.45. The summed E-state index contributed by atoms with van der Waals surface area (Å²) in [6, 6.07) is 0. The summed E-state index contributed by atoms with van der Waals surface area (Å²) in [6.45, 7) is 2.35. The van der Waals surface area contributed by atoms with E-state index in [1.165, 1.54) is 19.5 Å². The molecule has 0 aromatic carbocycles. The number of anilines is 1. The Morgan fingerprint density at radius 1 is 0.946 bits per heavy atom. The van der Waals surface area contributed by atoms with Gasteiger partial charge in [-0.3, -0.25) is 18.9 Å². The fourth-order valence-corrected chi connectivity index (χ4v) is 3.99. The number of methoxy groups -OCH3 is 1. The molecule has 4 rings (SSSR count). The van der Waals surface area contributed by atoms with Gasteiger partial charge in [0.15, 0.2) is 12.5 Å². The number of aromatic amines is 1. The quantitative estimate of drug-likeness (QED) is 0.195. The molecule has 0 unspecified atom stereocenters. The van der Waals surface area contributed by atoms with Crippen molar-refractivity contribution >= 4 is 5.82 Å². The number of nitrogen functional groups attached to an aromatic ring is 1. The SMILES string of the molecule is CO[C@@H]1[C@H](O)[C@@H](CO)O[C@H]1n1cc(C)c(=O)[nH]c1=O.Cc1cn([C@@H]2O[C@H](CO)[C@@H](O)[C@H]2O)c(=O)nc1N. The van der Waals surface area contributed by atoms with E-state index in [0.717, 1.165) is 9.13 Å². The van der Waals surface area contributed by atoms with Crippen LogP contribution in [0.1, 0.15) is 23.6 Å². The summed E-state index contributed by atoms with van der Waals surface area (Å²) in [7, 11) is 1.37. The van der Waals surface area contributed by atoms with E-state index in [1.807, 2.05) is 0 Å². The number of aryl methyl sites for hydroxylation is 2. The smallest absolute Gasteiger partial charge is 0.351 e. The van der Waals surface area contributed by atoms with Gasteiger partial charge in [-0.2, -0.15) is 4.98 Å². The molecule has 0 bridgehead atoms. The van der Waals surface area contributed by atoms with Gasteiger partial charge in [0.1, 0.15) is 42.4 Å². The lowest BCUT2D eigenvalue weighted by molar-refractivity contribution is -0.0626. The maximum Gasteiger partial charge on any atom is 0.351 e. The van der Waals surface area contributed by atoms with E-state index in [9.17, 15) is 29.7 Å². The molecule has 2 fully saturated rings. The summed E-state index contributed by atoms with van der Waals surface area (Å²) < 4.78 is 17.9. The third-order valence-electron chi connectivity index (χ3n) is 6.15. The van der Waals surface area contributed by atoms with Crippen LogP contribution >= 0.6 is 0 Å². The first-order chi connectivity index (χ1) is 17.4. The van der Waals surface area contributed by atoms with Crippen LogP contribution in [0.2, 0.25) is 0 Å². The van der Waals surface area contributed by atoms with Crippen LogP contribution < -0.4 is 22.7 Å². The summed E-state index contributed by atoms with van der Waals surface area (Å²) >= 11 is 0. The van der Waals surface area contributed by atoms with Crippen molar-refractivity contribution in [1.82, 2.24) is 19.1 Å². The number of aliphatic hydroxyl groups excluding tert-OH is 5. The third kappa shape index (κ3) is 5.65. The molecule has 2 aromatic rings. The Labute approximate surface area is 209 Å². The van der Waals surface area contributed by atoms with Crippen LogP contribution in [0.15, 0.2) is 26.8 Å². The average molecular weight is 530 g/mol. The number of aromatic nitrogens is 4. The molecule has 0 aliphatic carbocycles. The lowest BCUT2D eigenvalue weighted by Gasteiger charge is -2.20. The van der Waals surface area contributed by atoms with Crippen LogP contribution in [0.5, 0.6) is 0 Å². The van der Waals surface area contributed by atoms with E-state index < -0.39 is 79.2 Å². The summed E-state index contributed by atoms with van der Waals surface area (Å²) in [4.78, 5) is 40.5. The van der Waals surface area contributed by atoms with Gasteiger partial charge in [0.2, 0.25) is 0 Å². The van der Waals surface area contributed by atoms with Crippen molar-refractivity contribution in [2.75, 3.05) is 26.1 Å². The van der Waals surface area contributed by atoms with Crippen LogP contribution in [0.25, 0.3) is 0 Å². The van der Waals surface area contributed by atoms with Crippen molar-refractivity contribution in [2.24, 2.45) is 0 Å². The number of nitrogens with zero attached hydrogens (tertiary/aromatic N) is 3. The zero-order valence-electron chi connectivity index (χ0n) is 20.3. The molecule has 16 nitrogen and oxygen atoms in total. The Bertz CT molecular complexity index is 1260. The highest BCUT2D eigenvalue weighted by molar-refractivity contribution is 5.35. The molecule has 2 aliphatic rings. The number of hydrogen-bond donors (Lipinski definition) is 7. The van der Waals surface area contributed by atoms with E-state index >= 15 is 0 Å². The van der Waals surface area contributed by atoms with E-state index in [4.69, 9.17) is 30.2 Å². The fourth-order valence-electron chi connectivity index (χ4n) is 3.99. The minimum Gasteiger partial charge on any atom is -0.394 e. The lowest BCUT2D eigenvalue weighted by atomic mass is 10.1. The van der Waals surface area contributed by atoms with E-state index in [0.29, 0.717) is 11.1 Å². The molecule has 0 spiro atoms. The number of nitrogens with two attached hydrogens (primary N) is 1. The minimum atomic E-state index is -1.32. The van der Waals surface area contributed by atoms with Crippen LogP contribution in [-0.4, -0.2) is 102 Å². The number of hydrogen-bond acceptors (Lipinski definition) is 13. The number of aliphatic hydroxyl groups is 5. The standard InChI is InChI=1S/C11H16N2O6.C10H15N3O5/c1-5-3-13(11(17)12-9(5)16)10-8(18-2)7(15)6(4-14)19-10;1-4-2-13(10(17)12-8(4)11)9-7(16)6(15)5(3-14)18-9/h3,6-8,10,14-15H,4H2,1-2H3,(H,12,16,17);2,5-7,9,14-16H,3H2,1H3,(H2,11,12,17)/t6-,7-,8-,10-;5-,6-,7-,9-/m11/s1. The van der Waals surface area contributed by atoms with Gasteiger partial charge in [0, 0.05) is 30.6 Å². The second kappa shape index (κ2) is 11.6. The van der Waals surface area contributed by atoms with Crippen LogP contribution in [0.3, 0.4) is 0 Å². The third-order valence-corrected chi connectivity index (χ3v) is 6.15. The van der Waals surface area contributed by atoms with Crippen molar-refractivity contribution in [3.63, 3.8) is 0 Å². The molecule has 2 saturated heterocycles. The zero-order valence-corrected chi connectivity index (χ0v) is 20.3. The van der Waals surface area contributed by atoms with Crippen molar-refractivity contribution in [1.29, 1.82) is 0 Å². The van der Waals surface area contributed by atoms with Crippen LogP contribution in [0.4, 0.5) is 5.82 Å². The summed E-state index contributed by atoms with van der Waals surface area (Å²) in [5.74, 6) is 0.1000. The molecule has 0 saturated carbocycles. The Kier molecular flexibility index (Phi) is 8.98. The Hall–Kier alpha value is -2.96. The molecule has 2 aromatic heterocycles. The molecule has 37 heavy (non-hydrogen) atoms. The van der Waals surface area contributed by atoms with Crippen molar-refractivity contribution < 1.29 is 39.7 Å². The number of ether oxygens (including phenoxy) is 3. The molecule has 2 aliphatic heterocycles. The molecular weight excluding hydrogens is 498 g/mol. The van der Waals surface area contributed by atoms with Gasteiger partial charge in [-0.1, -0.05) is 0 Å². The number of rotatable bonds is 5. The van der Waals surface area contributed by atoms with Crippen molar-refractivity contribution in [3.8, 4) is 0 Å². The van der Waals surface area contributed by atoms with Gasteiger partial charge in [-0.15, -0.1) is 0 Å². The van der Waals surface area contributed by atoms with Gasteiger partial charge >= 0.3 is 11.4 Å². The molecule has 4 heterocycles. The van der Waals surface area contributed by atoms with Gasteiger partial charge in [-0.05, 0) is 13.8 Å². The summed E-state index contributed by atoms with van der Waals surface area (Å²) in [6.07, 6.45) is -5.47. The van der Waals surface area contributed by atoms with Gasteiger partial charge in [-0.25, -0.2) is 9.59 Å². The molecule has 8 N–H and O–H groups in total. The highest BCUT2D eigenvalue weighted by Crippen LogP contribution is 2.30. The monoisotopic (exact) mass is 529 g/mol. The predicted molar refractivity (Wildman–Crippen MR) is 125 cm³/mol. The number of nitrogens with one attached hydrogen (secondary N) is 1. The maximum absolute atomic E-state index is 11.8. The first-order valence-electron chi connectivity index (χ1n) is 11.2. The normalized spacial score (nSPS) is 31.2. The summed E-state index contributed by atoms with van der Waals surface area (Å²) in [5.41, 5.74) is 4.54. The maximum atomic E-state index is 11.8. The molecule has 206 valence electrons. The van der Waals surface area contributed by atoms with E-state index in [-0.39, 0.29) is 5.82 Å². The van der Waals surface area contributed by atoms with Gasteiger partial charge in [0.05, 0.1) is 13.2 Å². The first-order valence-corrected chi connectivity index (χ1v) is 11.2. The molecule has 16 heteroatoms. The lowest BCUT2D eigenvalue weighted by Crippen LogP contribution is -2.39. The molecular formula is C21H31N5O11. The Morgan fingerprint density at radius 3 is 2.08 bits per heavy atom. The van der Waals surface area contributed by atoms with Crippen LogP contribution in [0, 0.1) is 13.8 Å². The largest absolute Gasteiger partial charge is 0.394 e. The first kappa shape index (κ1) is 28.6. The van der Waals surface area contributed by atoms with Gasteiger partial charge in [0.25, 0.3) is 5.56 Å². The summed E-state index contributed by atoms with van der Waals surface area (Å²) in [5, 5.41) is 47.4. The Morgan fingerprint density at radius 2 is 1.51 bits per heavy atom. The van der Waals surface area contributed by atoms with Crippen molar-refractivity contribution in [3.05, 3.63) is 54.8 Å². The molecule has 8 atom stereocenters. The topological polar surface area (TPSA) is 245 Å².